The van der Waals surface area contributed by atoms with E-state index >= 15 is 0 Å². The number of anilines is 1. The van der Waals surface area contributed by atoms with Gasteiger partial charge in [0.1, 0.15) is 17.6 Å². The van der Waals surface area contributed by atoms with Crippen LogP contribution in [0.2, 0.25) is 0 Å². The van der Waals surface area contributed by atoms with E-state index in [0.29, 0.717) is 17.1 Å². The summed E-state index contributed by atoms with van der Waals surface area (Å²) in [5, 5.41) is 12.6. The first-order valence-corrected chi connectivity index (χ1v) is 8.77. The van der Waals surface area contributed by atoms with E-state index < -0.39 is 0 Å². The Labute approximate surface area is 148 Å². The summed E-state index contributed by atoms with van der Waals surface area (Å²) in [5.74, 6) is -0.321. The quantitative estimate of drug-likeness (QED) is 0.782. The van der Waals surface area contributed by atoms with E-state index in [1.807, 2.05) is 45.0 Å². The lowest BCUT2D eigenvalue weighted by Gasteiger charge is -2.05. The van der Waals surface area contributed by atoms with Crippen molar-refractivity contribution in [2.24, 2.45) is 0 Å². The van der Waals surface area contributed by atoms with Crippen LogP contribution in [0, 0.1) is 25.2 Å². The number of rotatable bonds is 4. The third-order valence-corrected chi connectivity index (χ3v) is 5.42. The summed E-state index contributed by atoms with van der Waals surface area (Å²) in [6.07, 6.45) is 0. The molecule has 2 aromatic heterocycles. The van der Waals surface area contributed by atoms with Crippen molar-refractivity contribution in [2.45, 2.75) is 33.9 Å². The molecular formula is C18H18N4O2S. The monoisotopic (exact) mass is 354 g/mol. The van der Waals surface area contributed by atoms with Crippen molar-refractivity contribution in [3.63, 3.8) is 0 Å². The Morgan fingerprint density at radius 3 is 2.48 bits per heavy atom. The Balaban J connectivity index is 1.94. The highest BCUT2D eigenvalue weighted by Crippen LogP contribution is 2.31. The number of nitrogens with one attached hydrogen (secondary N) is 1. The number of para-hydroxylation sites is 2. The third-order valence-electron chi connectivity index (χ3n) is 4.29. The molecule has 0 unspecified atom stereocenters. The first-order chi connectivity index (χ1) is 12.0. The molecule has 25 heavy (non-hydrogen) atoms. The van der Waals surface area contributed by atoms with Crippen molar-refractivity contribution in [2.75, 3.05) is 5.32 Å². The number of fused-ring (bicyclic) bond motifs is 1. The molecular weight excluding hydrogens is 336 g/mol. The lowest BCUT2D eigenvalue weighted by molar-refractivity contribution is -0.116. The lowest BCUT2D eigenvalue weighted by Crippen LogP contribution is -2.29. The zero-order valence-electron chi connectivity index (χ0n) is 14.3. The summed E-state index contributed by atoms with van der Waals surface area (Å²) in [6, 6.07) is 9.54. The molecule has 2 heterocycles. The second kappa shape index (κ2) is 6.57. The molecule has 0 saturated heterocycles. The summed E-state index contributed by atoms with van der Waals surface area (Å²) >= 11 is 1.37. The number of hydrogen-bond acceptors (Lipinski definition) is 4. The number of aromatic nitrogens is 2. The van der Waals surface area contributed by atoms with Gasteiger partial charge in [-0.15, -0.1) is 11.3 Å². The molecule has 0 saturated carbocycles. The molecule has 0 bridgehead atoms. The van der Waals surface area contributed by atoms with Gasteiger partial charge < -0.3 is 5.32 Å². The maximum atomic E-state index is 12.6. The molecule has 0 aliphatic rings. The molecule has 1 N–H and O–H groups in total. The van der Waals surface area contributed by atoms with Crippen LogP contribution < -0.4 is 11.0 Å². The molecule has 0 atom stereocenters. The van der Waals surface area contributed by atoms with Gasteiger partial charge in [0.15, 0.2) is 0 Å². The highest BCUT2D eigenvalue weighted by atomic mass is 32.1. The van der Waals surface area contributed by atoms with E-state index in [-0.39, 0.29) is 18.1 Å². The Hall–Kier alpha value is -2.85. The molecule has 0 aliphatic carbocycles. The minimum Gasteiger partial charge on any atom is -0.315 e. The van der Waals surface area contributed by atoms with Gasteiger partial charge in [-0.1, -0.05) is 12.1 Å². The van der Waals surface area contributed by atoms with Crippen LogP contribution in [-0.2, 0) is 17.9 Å². The minimum atomic E-state index is -0.321. The average Bonchev–Trinajstić information content (AvgIpc) is 3.01. The molecule has 0 fully saturated rings. The van der Waals surface area contributed by atoms with Gasteiger partial charge in [0.2, 0.25) is 5.91 Å². The van der Waals surface area contributed by atoms with Crippen molar-refractivity contribution >= 4 is 33.3 Å². The molecule has 1 aromatic carbocycles. The number of nitriles is 1. The van der Waals surface area contributed by atoms with Crippen LogP contribution in [-0.4, -0.2) is 15.0 Å². The zero-order chi connectivity index (χ0) is 18.1. The Morgan fingerprint density at radius 1 is 1.24 bits per heavy atom. The number of carbonyl (C=O) groups excluding carboxylic acids is 1. The lowest BCUT2D eigenvalue weighted by atomic mass is 10.2. The molecule has 0 aliphatic heterocycles. The number of benzene rings is 1. The summed E-state index contributed by atoms with van der Waals surface area (Å²) in [7, 11) is 0. The van der Waals surface area contributed by atoms with E-state index in [9.17, 15) is 14.9 Å². The molecule has 0 spiro atoms. The van der Waals surface area contributed by atoms with Crippen molar-refractivity contribution in [1.82, 2.24) is 9.13 Å². The van der Waals surface area contributed by atoms with Crippen LogP contribution in [0.4, 0.5) is 5.00 Å². The van der Waals surface area contributed by atoms with Gasteiger partial charge in [-0.05, 0) is 38.5 Å². The van der Waals surface area contributed by atoms with E-state index in [2.05, 4.69) is 11.4 Å². The number of thiophene rings is 1. The first-order valence-electron chi connectivity index (χ1n) is 7.95. The maximum Gasteiger partial charge on any atom is 0.329 e. The van der Waals surface area contributed by atoms with Gasteiger partial charge >= 0.3 is 5.69 Å². The minimum absolute atomic E-state index is 0.0901. The molecule has 1 amide bonds. The fourth-order valence-corrected chi connectivity index (χ4v) is 3.92. The number of imidazole rings is 1. The molecule has 6 nitrogen and oxygen atoms in total. The summed E-state index contributed by atoms with van der Waals surface area (Å²) in [4.78, 5) is 26.1. The SMILES string of the molecule is CCn1c(=O)n(CC(=O)Nc2sc(C)c(C)c2C#N)c2ccccc21. The van der Waals surface area contributed by atoms with E-state index in [1.165, 1.54) is 15.9 Å². The van der Waals surface area contributed by atoms with E-state index in [4.69, 9.17) is 0 Å². The molecule has 3 aromatic rings. The van der Waals surface area contributed by atoms with Crippen LogP contribution in [0.1, 0.15) is 22.9 Å². The van der Waals surface area contributed by atoms with Gasteiger partial charge in [-0.3, -0.25) is 13.9 Å². The molecule has 128 valence electrons. The molecule has 3 rings (SSSR count). The Bertz CT molecular complexity index is 1070. The number of amides is 1. The van der Waals surface area contributed by atoms with E-state index in [1.54, 1.807) is 4.57 Å². The zero-order valence-corrected chi connectivity index (χ0v) is 15.1. The standard InChI is InChI=1S/C18H18N4O2S/c1-4-21-14-7-5-6-8-15(14)22(18(21)24)10-16(23)20-17-13(9-19)11(2)12(3)25-17/h5-8H,4,10H2,1-3H3,(H,20,23). The van der Waals surface area contributed by atoms with Crippen molar-refractivity contribution in [1.29, 1.82) is 5.26 Å². The van der Waals surface area contributed by atoms with Crippen LogP contribution in [0.15, 0.2) is 29.1 Å². The highest BCUT2D eigenvalue weighted by Gasteiger charge is 2.17. The maximum absolute atomic E-state index is 12.6. The van der Waals surface area contributed by atoms with Crippen molar-refractivity contribution in [3.05, 3.63) is 50.8 Å². The van der Waals surface area contributed by atoms with Gasteiger partial charge in [0, 0.05) is 11.4 Å². The predicted molar refractivity (Wildman–Crippen MR) is 99.0 cm³/mol. The predicted octanol–water partition coefficient (Wildman–Crippen LogP) is 3.01. The van der Waals surface area contributed by atoms with Crippen molar-refractivity contribution < 1.29 is 4.79 Å². The van der Waals surface area contributed by atoms with Crippen LogP contribution in [0.25, 0.3) is 11.0 Å². The fourth-order valence-electron chi connectivity index (χ4n) is 2.89. The summed E-state index contributed by atoms with van der Waals surface area (Å²) in [6.45, 7) is 6.12. The smallest absolute Gasteiger partial charge is 0.315 e. The normalized spacial score (nSPS) is 10.8. The third kappa shape index (κ3) is 2.85. The summed E-state index contributed by atoms with van der Waals surface area (Å²) in [5.41, 5.74) is 2.69. The van der Waals surface area contributed by atoms with Gasteiger partial charge in [0.05, 0.1) is 16.6 Å². The Morgan fingerprint density at radius 2 is 1.88 bits per heavy atom. The average molecular weight is 354 g/mol. The highest BCUT2D eigenvalue weighted by molar-refractivity contribution is 7.16. The van der Waals surface area contributed by atoms with Crippen molar-refractivity contribution in [3.8, 4) is 6.07 Å². The number of nitrogens with zero attached hydrogens (tertiary/aromatic N) is 3. The van der Waals surface area contributed by atoms with E-state index in [0.717, 1.165) is 21.5 Å². The number of hydrogen-bond donors (Lipinski definition) is 1. The van der Waals surface area contributed by atoms with Gasteiger partial charge in [-0.25, -0.2) is 4.79 Å². The van der Waals surface area contributed by atoms with Gasteiger partial charge in [-0.2, -0.15) is 5.26 Å². The topological polar surface area (TPSA) is 79.8 Å². The molecule has 7 heteroatoms. The summed E-state index contributed by atoms with van der Waals surface area (Å²) < 4.78 is 3.11. The largest absolute Gasteiger partial charge is 0.329 e. The van der Waals surface area contributed by atoms with Crippen LogP contribution >= 0.6 is 11.3 Å². The molecule has 0 radical (unpaired) electrons. The first kappa shape index (κ1) is 17.0. The second-order valence-electron chi connectivity index (χ2n) is 5.75. The number of carbonyl (C=O) groups is 1. The second-order valence-corrected chi connectivity index (χ2v) is 6.97. The fraction of sp³-hybridized carbons (Fsp3) is 0.278. The van der Waals surface area contributed by atoms with Crippen LogP contribution in [0.5, 0.6) is 0 Å². The van der Waals surface area contributed by atoms with Crippen LogP contribution in [0.3, 0.4) is 0 Å². The van der Waals surface area contributed by atoms with Gasteiger partial charge in [0.25, 0.3) is 0 Å². The Kier molecular flexibility index (Phi) is 4.47. The number of aryl methyl sites for hydroxylation is 2.